The molecule has 0 unspecified atom stereocenters. The Morgan fingerprint density at radius 2 is 1.79 bits per heavy atom. The molecule has 0 saturated carbocycles. The SMILES string of the molecule is CC.CCSNc1ccc(OC)cc1. The molecule has 0 aliphatic carbocycles. The molecule has 14 heavy (non-hydrogen) atoms. The summed E-state index contributed by atoms with van der Waals surface area (Å²) in [5.41, 5.74) is 1.11. The van der Waals surface area contributed by atoms with Crippen LogP contribution in [0, 0.1) is 0 Å². The Balaban J connectivity index is 0.000000791. The van der Waals surface area contributed by atoms with Crippen molar-refractivity contribution in [2.24, 2.45) is 0 Å². The molecule has 0 atom stereocenters. The normalized spacial score (nSPS) is 8.57. The maximum Gasteiger partial charge on any atom is 0.119 e. The summed E-state index contributed by atoms with van der Waals surface area (Å²) in [7, 11) is 1.67. The Bertz CT molecular complexity index is 223. The smallest absolute Gasteiger partial charge is 0.119 e. The van der Waals surface area contributed by atoms with Crippen LogP contribution < -0.4 is 9.46 Å². The minimum Gasteiger partial charge on any atom is -0.497 e. The lowest BCUT2D eigenvalue weighted by Gasteiger charge is -2.04. The van der Waals surface area contributed by atoms with E-state index in [2.05, 4.69) is 11.6 Å². The van der Waals surface area contributed by atoms with Crippen molar-refractivity contribution in [2.75, 3.05) is 17.6 Å². The molecule has 0 amide bonds. The van der Waals surface area contributed by atoms with Crippen LogP contribution >= 0.6 is 11.9 Å². The fourth-order valence-corrected chi connectivity index (χ4v) is 1.26. The largest absolute Gasteiger partial charge is 0.497 e. The lowest BCUT2D eigenvalue weighted by molar-refractivity contribution is 0.415. The molecule has 0 aliphatic heterocycles. The number of methoxy groups -OCH3 is 1. The third-order valence-corrected chi connectivity index (χ3v) is 2.09. The minimum atomic E-state index is 0.891. The molecule has 2 nitrogen and oxygen atoms in total. The maximum atomic E-state index is 5.04. The van der Waals surface area contributed by atoms with Crippen LogP contribution in [-0.4, -0.2) is 12.9 Å². The highest BCUT2D eigenvalue weighted by atomic mass is 32.2. The van der Waals surface area contributed by atoms with Crippen molar-refractivity contribution in [3.05, 3.63) is 24.3 Å². The molecule has 0 radical (unpaired) electrons. The summed E-state index contributed by atoms with van der Waals surface area (Å²) in [4.78, 5) is 0. The first-order chi connectivity index (χ1) is 6.86. The number of rotatable bonds is 4. The zero-order valence-electron chi connectivity index (χ0n) is 9.33. The van der Waals surface area contributed by atoms with Crippen LogP contribution in [0.25, 0.3) is 0 Å². The summed E-state index contributed by atoms with van der Waals surface area (Å²) in [6, 6.07) is 7.89. The van der Waals surface area contributed by atoms with Gasteiger partial charge in [0.05, 0.1) is 7.11 Å². The monoisotopic (exact) mass is 213 g/mol. The van der Waals surface area contributed by atoms with Gasteiger partial charge < -0.3 is 9.46 Å². The Labute approximate surface area is 91.2 Å². The van der Waals surface area contributed by atoms with E-state index in [0.717, 1.165) is 17.2 Å². The van der Waals surface area contributed by atoms with Gasteiger partial charge in [0.2, 0.25) is 0 Å². The third kappa shape index (κ3) is 5.02. The van der Waals surface area contributed by atoms with E-state index in [1.165, 1.54) is 0 Å². The van der Waals surface area contributed by atoms with E-state index in [9.17, 15) is 0 Å². The molecule has 0 aromatic heterocycles. The van der Waals surface area contributed by atoms with Crippen LogP contribution in [0.3, 0.4) is 0 Å². The van der Waals surface area contributed by atoms with Gasteiger partial charge in [0, 0.05) is 11.4 Å². The van der Waals surface area contributed by atoms with Crippen LogP contribution in [0.4, 0.5) is 5.69 Å². The molecular formula is C11H19NOS. The van der Waals surface area contributed by atoms with Gasteiger partial charge in [-0.3, -0.25) is 0 Å². The summed E-state index contributed by atoms with van der Waals surface area (Å²) in [6.45, 7) is 6.11. The molecule has 0 spiro atoms. The summed E-state index contributed by atoms with van der Waals surface area (Å²) in [5.74, 6) is 1.95. The lowest BCUT2D eigenvalue weighted by Crippen LogP contribution is -1.87. The fraction of sp³-hybridized carbons (Fsp3) is 0.455. The number of anilines is 1. The van der Waals surface area contributed by atoms with Gasteiger partial charge in [0.1, 0.15) is 5.75 Å². The predicted molar refractivity (Wildman–Crippen MR) is 66.1 cm³/mol. The molecule has 0 aliphatic rings. The first kappa shape index (κ1) is 13.2. The molecule has 0 heterocycles. The van der Waals surface area contributed by atoms with E-state index in [1.54, 1.807) is 19.1 Å². The highest BCUT2D eigenvalue weighted by Gasteiger charge is 1.91. The second-order valence-electron chi connectivity index (χ2n) is 2.26. The number of nitrogens with one attached hydrogen (secondary N) is 1. The molecule has 80 valence electrons. The van der Waals surface area contributed by atoms with Gasteiger partial charge >= 0.3 is 0 Å². The van der Waals surface area contributed by atoms with Crippen molar-refractivity contribution in [2.45, 2.75) is 20.8 Å². The molecule has 3 heteroatoms. The van der Waals surface area contributed by atoms with Crippen molar-refractivity contribution < 1.29 is 4.74 Å². The molecule has 0 saturated heterocycles. The molecule has 1 rings (SSSR count). The summed E-state index contributed by atoms with van der Waals surface area (Å²) >= 11 is 1.68. The first-order valence-electron chi connectivity index (χ1n) is 4.88. The average Bonchev–Trinajstić information content (AvgIpc) is 2.30. The van der Waals surface area contributed by atoms with Crippen molar-refractivity contribution in [3.63, 3.8) is 0 Å². The van der Waals surface area contributed by atoms with Gasteiger partial charge in [-0.25, -0.2) is 0 Å². The fourth-order valence-electron chi connectivity index (χ4n) is 0.815. The zero-order valence-corrected chi connectivity index (χ0v) is 10.1. The highest BCUT2D eigenvalue weighted by molar-refractivity contribution is 8.00. The summed E-state index contributed by atoms with van der Waals surface area (Å²) < 4.78 is 8.25. The van der Waals surface area contributed by atoms with Crippen LogP contribution in [0.15, 0.2) is 24.3 Å². The minimum absolute atomic E-state index is 0.891. The summed E-state index contributed by atoms with van der Waals surface area (Å²) in [6.07, 6.45) is 0. The average molecular weight is 213 g/mol. The van der Waals surface area contributed by atoms with E-state index >= 15 is 0 Å². The first-order valence-corrected chi connectivity index (χ1v) is 5.87. The molecule has 1 aromatic rings. The van der Waals surface area contributed by atoms with Crippen molar-refractivity contribution in [3.8, 4) is 5.75 Å². The Kier molecular flexibility index (Phi) is 8.24. The molecular weight excluding hydrogens is 194 g/mol. The van der Waals surface area contributed by atoms with E-state index in [1.807, 2.05) is 38.1 Å². The van der Waals surface area contributed by atoms with Gasteiger partial charge in [0.15, 0.2) is 0 Å². The number of ether oxygens (including phenoxy) is 1. The maximum absolute atomic E-state index is 5.04. The number of benzene rings is 1. The molecule has 0 fully saturated rings. The standard InChI is InChI=1S/C9H13NOS.C2H6/c1-3-12-10-8-4-6-9(11-2)7-5-8;1-2/h4-7,10H,3H2,1-2H3;1-2H3. The van der Waals surface area contributed by atoms with Crippen LogP contribution in [0.2, 0.25) is 0 Å². The Hall–Kier alpha value is -0.830. The predicted octanol–water partition coefficient (Wildman–Crippen LogP) is 3.80. The van der Waals surface area contributed by atoms with Gasteiger partial charge in [-0.2, -0.15) is 0 Å². The van der Waals surface area contributed by atoms with Crippen LogP contribution in [0.5, 0.6) is 5.75 Å². The summed E-state index contributed by atoms with van der Waals surface area (Å²) in [5, 5.41) is 0. The Morgan fingerprint density at radius 3 is 2.21 bits per heavy atom. The van der Waals surface area contributed by atoms with Crippen molar-refractivity contribution >= 4 is 17.6 Å². The lowest BCUT2D eigenvalue weighted by atomic mass is 10.3. The van der Waals surface area contributed by atoms with E-state index in [4.69, 9.17) is 4.74 Å². The van der Waals surface area contributed by atoms with Gasteiger partial charge in [-0.1, -0.05) is 32.7 Å². The van der Waals surface area contributed by atoms with Gasteiger partial charge in [0.25, 0.3) is 0 Å². The van der Waals surface area contributed by atoms with Gasteiger partial charge in [-0.15, -0.1) is 0 Å². The van der Waals surface area contributed by atoms with E-state index in [0.29, 0.717) is 0 Å². The number of hydrogen-bond acceptors (Lipinski definition) is 3. The third-order valence-electron chi connectivity index (χ3n) is 1.42. The topological polar surface area (TPSA) is 21.3 Å². The van der Waals surface area contributed by atoms with Crippen LogP contribution in [-0.2, 0) is 0 Å². The van der Waals surface area contributed by atoms with Crippen molar-refractivity contribution in [1.29, 1.82) is 0 Å². The van der Waals surface area contributed by atoms with Gasteiger partial charge in [-0.05, 0) is 24.3 Å². The Morgan fingerprint density at radius 1 is 1.21 bits per heavy atom. The zero-order chi connectivity index (χ0) is 10.8. The number of hydrogen-bond donors (Lipinski definition) is 1. The van der Waals surface area contributed by atoms with Crippen LogP contribution in [0.1, 0.15) is 20.8 Å². The molecule has 1 N–H and O–H groups in total. The highest BCUT2D eigenvalue weighted by Crippen LogP contribution is 2.17. The second kappa shape index (κ2) is 8.75. The van der Waals surface area contributed by atoms with Crippen molar-refractivity contribution in [1.82, 2.24) is 0 Å². The molecule has 0 bridgehead atoms. The van der Waals surface area contributed by atoms with E-state index < -0.39 is 0 Å². The van der Waals surface area contributed by atoms with E-state index in [-0.39, 0.29) is 0 Å². The molecule has 1 aromatic carbocycles. The quantitative estimate of drug-likeness (QED) is 0.769. The second-order valence-corrected chi connectivity index (χ2v) is 3.33.